The van der Waals surface area contributed by atoms with Crippen molar-refractivity contribution in [2.75, 3.05) is 0 Å². The Labute approximate surface area is 112 Å². The summed E-state index contributed by atoms with van der Waals surface area (Å²) in [5.41, 5.74) is 0. The lowest BCUT2D eigenvalue weighted by Gasteiger charge is -2.23. The molecule has 0 saturated carbocycles. The molecule has 0 radical (unpaired) electrons. The van der Waals surface area contributed by atoms with Crippen molar-refractivity contribution in [1.82, 2.24) is 5.32 Å². The van der Waals surface area contributed by atoms with Crippen LogP contribution >= 0.6 is 0 Å². The first-order valence-electron chi connectivity index (χ1n) is 7.35. The molecule has 0 aromatic carbocycles. The molecule has 0 aromatic rings. The summed E-state index contributed by atoms with van der Waals surface area (Å²) in [6.07, 6.45) is 5.00. The Bertz CT molecular complexity index is 229. The maximum absolute atomic E-state index is 11.1. The normalized spacial score (nSPS) is 16.6. The first-order valence-corrected chi connectivity index (χ1v) is 7.35. The summed E-state index contributed by atoms with van der Waals surface area (Å²) in [5, 5.41) is 12.4. The summed E-state index contributed by atoms with van der Waals surface area (Å²) in [4.78, 5) is 11.1. The van der Waals surface area contributed by atoms with E-state index in [4.69, 9.17) is 5.11 Å². The van der Waals surface area contributed by atoms with Crippen LogP contribution in [0.4, 0.5) is 0 Å². The second-order valence-electron chi connectivity index (χ2n) is 6.07. The number of hydrogen-bond acceptors (Lipinski definition) is 2. The Morgan fingerprint density at radius 3 is 2.22 bits per heavy atom. The highest BCUT2D eigenvalue weighted by Crippen LogP contribution is 2.17. The van der Waals surface area contributed by atoms with Crippen molar-refractivity contribution in [2.24, 2.45) is 11.8 Å². The van der Waals surface area contributed by atoms with Crippen molar-refractivity contribution >= 4 is 5.97 Å². The lowest BCUT2D eigenvalue weighted by molar-refractivity contribution is -0.139. The van der Waals surface area contributed by atoms with Crippen LogP contribution < -0.4 is 5.32 Å². The molecule has 0 fully saturated rings. The number of carbonyl (C=O) groups is 1. The quantitative estimate of drug-likeness (QED) is 0.627. The summed E-state index contributed by atoms with van der Waals surface area (Å²) < 4.78 is 0. The molecule has 0 aliphatic heterocycles. The molecule has 3 heteroatoms. The van der Waals surface area contributed by atoms with Crippen LogP contribution in [-0.4, -0.2) is 23.2 Å². The predicted molar refractivity (Wildman–Crippen MR) is 76.8 cm³/mol. The fraction of sp³-hybridized carbons (Fsp3) is 0.933. The summed E-state index contributed by atoms with van der Waals surface area (Å²) in [6.45, 7) is 10.9. The average molecular weight is 257 g/mol. The molecule has 0 aliphatic carbocycles. The second-order valence-corrected chi connectivity index (χ2v) is 6.07. The highest BCUT2D eigenvalue weighted by Gasteiger charge is 2.20. The first-order chi connectivity index (χ1) is 8.36. The van der Waals surface area contributed by atoms with Gasteiger partial charge >= 0.3 is 5.97 Å². The van der Waals surface area contributed by atoms with Crippen molar-refractivity contribution in [3.8, 4) is 0 Å². The molecule has 0 amide bonds. The maximum atomic E-state index is 11.1. The topological polar surface area (TPSA) is 49.3 Å². The van der Waals surface area contributed by atoms with Gasteiger partial charge in [-0.05, 0) is 38.0 Å². The van der Waals surface area contributed by atoms with Crippen molar-refractivity contribution in [3.63, 3.8) is 0 Å². The monoisotopic (exact) mass is 257 g/mol. The molecule has 0 aromatic heterocycles. The Morgan fingerprint density at radius 2 is 1.78 bits per heavy atom. The minimum absolute atomic E-state index is 0.275. The van der Waals surface area contributed by atoms with Crippen LogP contribution in [0.15, 0.2) is 0 Å². The summed E-state index contributed by atoms with van der Waals surface area (Å²) >= 11 is 0. The number of aliphatic carboxylic acids is 1. The molecule has 0 saturated heterocycles. The second kappa shape index (κ2) is 9.37. The summed E-state index contributed by atoms with van der Waals surface area (Å²) in [5.74, 6) is 0.641. The molecule has 2 N–H and O–H groups in total. The van der Waals surface area contributed by atoms with Crippen molar-refractivity contribution < 1.29 is 9.90 Å². The fourth-order valence-corrected chi connectivity index (χ4v) is 2.60. The van der Waals surface area contributed by atoms with Crippen LogP contribution in [0, 0.1) is 11.8 Å². The zero-order valence-electron chi connectivity index (χ0n) is 12.7. The molecule has 3 nitrogen and oxygen atoms in total. The molecule has 3 unspecified atom stereocenters. The van der Waals surface area contributed by atoms with Gasteiger partial charge in [-0.1, -0.05) is 40.5 Å². The average Bonchev–Trinajstić information content (AvgIpc) is 2.22. The van der Waals surface area contributed by atoms with Crippen LogP contribution in [0.5, 0.6) is 0 Å². The van der Waals surface area contributed by atoms with E-state index in [9.17, 15) is 4.79 Å². The minimum atomic E-state index is -0.716. The number of rotatable bonds is 10. The van der Waals surface area contributed by atoms with Crippen LogP contribution in [0.1, 0.15) is 66.7 Å². The Morgan fingerprint density at radius 1 is 1.17 bits per heavy atom. The highest BCUT2D eigenvalue weighted by atomic mass is 16.4. The van der Waals surface area contributed by atoms with E-state index in [2.05, 4.69) is 39.9 Å². The number of nitrogens with one attached hydrogen (secondary N) is 1. The van der Waals surface area contributed by atoms with E-state index in [0.29, 0.717) is 11.8 Å². The van der Waals surface area contributed by atoms with Gasteiger partial charge in [0.2, 0.25) is 0 Å². The third-order valence-corrected chi connectivity index (χ3v) is 3.26. The third kappa shape index (κ3) is 8.51. The van der Waals surface area contributed by atoms with E-state index in [1.807, 2.05) is 0 Å². The zero-order chi connectivity index (χ0) is 14.1. The van der Waals surface area contributed by atoms with Crippen LogP contribution in [0.3, 0.4) is 0 Å². The summed E-state index contributed by atoms with van der Waals surface area (Å²) in [7, 11) is 0. The van der Waals surface area contributed by atoms with Crippen molar-refractivity contribution in [2.45, 2.75) is 78.8 Å². The Hall–Kier alpha value is -0.570. The lowest BCUT2D eigenvalue weighted by atomic mass is 9.93. The Balaban J connectivity index is 4.08. The van der Waals surface area contributed by atoms with Gasteiger partial charge in [-0.2, -0.15) is 0 Å². The van der Waals surface area contributed by atoms with Gasteiger partial charge in [-0.3, -0.25) is 4.79 Å². The van der Waals surface area contributed by atoms with Crippen molar-refractivity contribution in [3.05, 3.63) is 0 Å². The molecule has 108 valence electrons. The maximum Gasteiger partial charge on any atom is 0.320 e. The molecular formula is C15H31NO2. The van der Waals surface area contributed by atoms with E-state index >= 15 is 0 Å². The molecule has 0 heterocycles. The number of hydrogen-bond donors (Lipinski definition) is 2. The zero-order valence-corrected chi connectivity index (χ0v) is 12.7. The van der Waals surface area contributed by atoms with Crippen molar-refractivity contribution in [1.29, 1.82) is 0 Å². The van der Waals surface area contributed by atoms with Gasteiger partial charge in [0.25, 0.3) is 0 Å². The predicted octanol–water partition coefficient (Wildman–Crippen LogP) is 3.68. The van der Waals surface area contributed by atoms with E-state index in [1.165, 1.54) is 6.42 Å². The lowest BCUT2D eigenvalue weighted by Crippen LogP contribution is -2.42. The van der Waals surface area contributed by atoms with E-state index in [1.54, 1.807) is 0 Å². The largest absolute Gasteiger partial charge is 0.480 e. The molecule has 0 rings (SSSR count). The third-order valence-electron chi connectivity index (χ3n) is 3.26. The van der Waals surface area contributed by atoms with Gasteiger partial charge < -0.3 is 10.4 Å². The number of carboxylic acid groups (broad SMARTS) is 1. The van der Waals surface area contributed by atoms with Gasteiger partial charge in [0.05, 0.1) is 0 Å². The van der Waals surface area contributed by atoms with Crippen LogP contribution in [0.25, 0.3) is 0 Å². The molecule has 3 atom stereocenters. The van der Waals surface area contributed by atoms with Gasteiger partial charge in [0, 0.05) is 6.04 Å². The molecule has 18 heavy (non-hydrogen) atoms. The van der Waals surface area contributed by atoms with E-state index < -0.39 is 5.97 Å². The van der Waals surface area contributed by atoms with Gasteiger partial charge in [-0.25, -0.2) is 0 Å². The standard InChI is InChI=1S/C15H31NO2/c1-6-7-8-14(15(17)18)16-13(5)10-12(4)9-11(2)3/h11-14,16H,6-10H2,1-5H3,(H,17,18). The van der Waals surface area contributed by atoms with E-state index in [-0.39, 0.29) is 12.1 Å². The molecule has 0 aliphatic rings. The summed E-state index contributed by atoms with van der Waals surface area (Å²) in [6, 6.07) is -0.108. The van der Waals surface area contributed by atoms with Gasteiger partial charge in [-0.15, -0.1) is 0 Å². The minimum Gasteiger partial charge on any atom is -0.480 e. The molecule has 0 bridgehead atoms. The van der Waals surface area contributed by atoms with Gasteiger partial charge in [0.15, 0.2) is 0 Å². The highest BCUT2D eigenvalue weighted by molar-refractivity contribution is 5.73. The van der Waals surface area contributed by atoms with Gasteiger partial charge in [0.1, 0.15) is 6.04 Å². The van der Waals surface area contributed by atoms with Crippen LogP contribution in [-0.2, 0) is 4.79 Å². The number of unbranched alkanes of at least 4 members (excludes halogenated alkanes) is 1. The molecular weight excluding hydrogens is 226 g/mol. The first kappa shape index (κ1) is 17.4. The fourth-order valence-electron chi connectivity index (χ4n) is 2.60. The SMILES string of the molecule is CCCCC(NC(C)CC(C)CC(C)C)C(=O)O. The molecule has 0 spiro atoms. The smallest absolute Gasteiger partial charge is 0.320 e. The van der Waals surface area contributed by atoms with Crippen LogP contribution in [0.2, 0.25) is 0 Å². The number of carboxylic acids is 1. The Kier molecular flexibility index (Phi) is 9.08. The van der Waals surface area contributed by atoms with E-state index in [0.717, 1.165) is 25.7 Å².